The van der Waals surface area contributed by atoms with Gasteiger partial charge in [-0.25, -0.2) is 0 Å². The Kier molecular flexibility index (Phi) is 8.41. The summed E-state index contributed by atoms with van der Waals surface area (Å²) in [5.74, 6) is 0.0186. The van der Waals surface area contributed by atoms with Crippen LogP contribution in [0.25, 0.3) is 0 Å². The van der Waals surface area contributed by atoms with E-state index in [-0.39, 0.29) is 21.4 Å². The quantitative estimate of drug-likeness (QED) is 0.692. The number of rotatable bonds is 7. The molecule has 0 saturated heterocycles. The molecule has 1 rings (SSSR count). The van der Waals surface area contributed by atoms with Crippen LogP contribution in [0.15, 0.2) is 24.3 Å². The SMILES string of the molecule is CC(=O)OC(CSC(C)=O)CC(SC(C)=O)c1ccc(C)cc1. The van der Waals surface area contributed by atoms with E-state index in [9.17, 15) is 14.4 Å². The van der Waals surface area contributed by atoms with Crippen LogP contribution in [0, 0.1) is 6.92 Å². The zero-order chi connectivity index (χ0) is 17.4. The first kappa shape index (κ1) is 19.8. The summed E-state index contributed by atoms with van der Waals surface area (Å²) in [7, 11) is 0. The second kappa shape index (κ2) is 9.78. The molecule has 0 aromatic heterocycles. The van der Waals surface area contributed by atoms with Crippen molar-refractivity contribution in [2.24, 2.45) is 0 Å². The lowest BCUT2D eigenvalue weighted by molar-refractivity contribution is -0.145. The van der Waals surface area contributed by atoms with Crippen LogP contribution in [0.4, 0.5) is 0 Å². The molecule has 6 heteroatoms. The van der Waals surface area contributed by atoms with Crippen molar-refractivity contribution in [3.63, 3.8) is 0 Å². The molecule has 0 spiro atoms. The Morgan fingerprint density at radius 3 is 2.13 bits per heavy atom. The monoisotopic (exact) mass is 354 g/mol. The zero-order valence-corrected chi connectivity index (χ0v) is 15.5. The minimum absolute atomic E-state index is 0.0105. The van der Waals surface area contributed by atoms with Crippen LogP contribution in [0.1, 0.15) is 43.6 Å². The van der Waals surface area contributed by atoms with Gasteiger partial charge in [0.15, 0.2) is 10.2 Å². The highest BCUT2D eigenvalue weighted by Gasteiger charge is 2.23. The van der Waals surface area contributed by atoms with E-state index in [1.807, 2.05) is 31.2 Å². The summed E-state index contributed by atoms with van der Waals surface area (Å²) >= 11 is 2.35. The molecule has 2 unspecified atom stereocenters. The second-order valence-electron chi connectivity index (χ2n) is 5.28. The average molecular weight is 354 g/mol. The summed E-state index contributed by atoms with van der Waals surface area (Å²) in [6, 6.07) is 7.96. The van der Waals surface area contributed by atoms with Crippen LogP contribution < -0.4 is 0 Å². The molecule has 2 atom stereocenters. The Balaban J connectivity index is 2.89. The fraction of sp³-hybridized carbons (Fsp3) is 0.471. The van der Waals surface area contributed by atoms with Gasteiger partial charge in [0, 0.05) is 38.2 Å². The first-order chi connectivity index (χ1) is 10.8. The standard InChI is InChI=1S/C17H22O4S2/c1-11-5-7-15(8-6-11)17(23-14(4)20)9-16(21-12(2)18)10-22-13(3)19/h5-8,16-17H,9-10H2,1-4H3. The van der Waals surface area contributed by atoms with Crippen molar-refractivity contribution in [3.05, 3.63) is 35.4 Å². The van der Waals surface area contributed by atoms with E-state index in [2.05, 4.69) is 0 Å². The Hall–Kier alpha value is -1.27. The number of esters is 1. The number of carbonyl (C=O) groups is 3. The van der Waals surface area contributed by atoms with E-state index in [4.69, 9.17) is 4.74 Å². The van der Waals surface area contributed by atoms with Crippen molar-refractivity contribution in [1.82, 2.24) is 0 Å². The van der Waals surface area contributed by atoms with Crippen LogP contribution in [0.5, 0.6) is 0 Å². The molecular formula is C17H22O4S2. The molecule has 0 bridgehead atoms. The van der Waals surface area contributed by atoms with Crippen LogP contribution in [0.3, 0.4) is 0 Å². The summed E-state index contributed by atoms with van der Waals surface area (Å²) in [6.45, 7) is 6.36. The van der Waals surface area contributed by atoms with Gasteiger partial charge in [-0.2, -0.15) is 0 Å². The maximum absolute atomic E-state index is 11.6. The van der Waals surface area contributed by atoms with Gasteiger partial charge in [0.05, 0.1) is 0 Å². The highest BCUT2D eigenvalue weighted by Crippen LogP contribution is 2.35. The fourth-order valence-corrected chi connectivity index (χ4v) is 3.70. The van der Waals surface area contributed by atoms with E-state index >= 15 is 0 Å². The van der Waals surface area contributed by atoms with Gasteiger partial charge in [-0.15, -0.1) is 0 Å². The molecule has 0 fully saturated rings. The molecule has 1 aromatic carbocycles. The molecule has 23 heavy (non-hydrogen) atoms. The van der Waals surface area contributed by atoms with E-state index in [0.29, 0.717) is 12.2 Å². The lowest BCUT2D eigenvalue weighted by Crippen LogP contribution is -2.22. The highest BCUT2D eigenvalue weighted by molar-refractivity contribution is 8.14. The maximum Gasteiger partial charge on any atom is 0.302 e. The lowest BCUT2D eigenvalue weighted by Gasteiger charge is -2.22. The molecular weight excluding hydrogens is 332 g/mol. The molecule has 0 heterocycles. The number of hydrogen-bond donors (Lipinski definition) is 0. The minimum Gasteiger partial charge on any atom is -0.462 e. The molecule has 0 saturated carbocycles. The van der Waals surface area contributed by atoms with Crippen LogP contribution in [-0.4, -0.2) is 28.1 Å². The third kappa shape index (κ3) is 8.23. The Labute approximate surface area is 145 Å². The van der Waals surface area contributed by atoms with Crippen molar-refractivity contribution in [2.75, 3.05) is 5.75 Å². The number of benzene rings is 1. The summed E-state index contributed by atoms with van der Waals surface area (Å²) in [4.78, 5) is 34.0. The largest absolute Gasteiger partial charge is 0.462 e. The Morgan fingerprint density at radius 2 is 1.65 bits per heavy atom. The highest BCUT2D eigenvalue weighted by atomic mass is 32.2. The van der Waals surface area contributed by atoms with Crippen molar-refractivity contribution in [3.8, 4) is 0 Å². The van der Waals surface area contributed by atoms with Crippen molar-refractivity contribution in [2.45, 2.75) is 45.5 Å². The van der Waals surface area contributed by atoms with Crippen LogP contribution in [-0.2, 0) is 19.1 Å². The number of thioether (sulfide) groups is 2. The third-order valence-corrected chi connectivity index (χ3v) is 5.07. The summed E-state index contributed by atoms with van der Waals surface area (Å²) in [5, 5.41) is -0.116. The van der Waals surface area contributed by atoms with Crippen molar-refractivity contribution < 1.29 is 19.1 Å². The topological polar surface area (TPSA) is 60.4 Å². The number of carbonyl (C=O) groups excluding carboxylic acids is 3. The molecule has 0 aliphatic carbocycles. The number of hydrogen-bond acceptors (Lipinski definition) is 6. The average Bonchev–Trinajstić information content (AvgIpc) is 2.43. The summed E-state index contributed by atoms with van der Waals surface area (Å²) in [5.41, 5.74) is 2.16. The smallest absolute Gasteiger partial charge is 0.302 e. The maximum atomic E-state index is 11.6. The molecule has 0 aliphatic rings. The van der Waals surface area contributed by atoms with E-state index in [0.717, 1.165) is 22.9 Å². The van der Waals surface area contributed by atoms with Crippen molar-refractivity contribution >= 4 is 39.7 Å². The predicted octanol–water partition coefficient (Wildman–Crippen LogP) is 3.92. The molecule has 4 nitrogen and oxygen atoms in total. The van der Waals surface area contributed by atoms with E-state index in [1.54, 1.807) is 0 Å². The van der Waals surface area contributed by atoms with Gasteiger partial charge in [0.25, 0.3) is 0 Å². The number of ether oxygens (including phenoxy) is 1. The van der Waals surface area contributed by atoms with Gasteiger partial charge in [0.1, 0.15) is 6.10 Å². The molecule has 0 radical (unpaired) electrons. The minimum atomic E-state index is -0.403. The van der Waals surface area contributed by atoms with Crippen LogP contribution in [0.2, 0.25) is 0 Å². The molecule has 0 aliphatic heterocycles. The van der Waals surface area contributed by atoms with Gasteiger partial charge in [0.2, 0.25) is 0 Å². The van der Waals surface area contributed by atoms with Gasteiger partial charge < -0.3 is 4.74 Å². The molecule has 1 aromatic rings. The molecule has 0 amide bonds. The Bertz CT molecular complexity index is 554. The summed E-state index contributed by atoms with van der Waals surface area (Å²) in [6.07, 6.45) is 0.0900. The molecule has 126 valence electrons. The van der Waals surface area contributed by atoms with Gasteiger partial charge in [-0.3, -0.25) is 14.4 Å². The third-order valence-electron chi connectivity index (χ3n) is 3.04. The first-order valence-electron chi connectivity index (χ1n) is 7.32. The van der Waals surface area contributed by atoms with E-state index < -0.39 is 6.10 Å². The normalized spacial score (nSPS) is 13.2. The zero-order valence-electron chi connectivity index (χ0n) is 13.8. The number of aryl methyl sites for hydroxylation is 1. The van der Waals surface area contributed by atoms with Crippen LogP contribution >= 0.6 is 23.5 Å². The van der Waals surface area contributed by atoms with Gasteiger partial charge in [-0.1, -0.05) is 53.4 Å². The van der Waals surface area contributed by atoms with Crippen molar-refractivity contribution in [1.29, 1.82) is 0 Å². The lowest BCUT2D eigenvalue weighted by atomic mass is 10.1. The van der Waals surface area contributed by atoms with E-state index in [1.165, 1.54) is 32.5 Å². The first-order valence-corrected chi connectivity index (χ1v) is 9.18. The molecule has 0 N–H and O–H groups in total. The second-order valence-corrected chi connectivity index (χ2v) is 7.86. The summed E-state index contributed by atoms with van der Waals surface area (Å²) < 4.78 is 5.32. The Morgan fingerprint density at radius 1 is 1.04 bits per heavy atom. The predicted molar refractivity (Wildman–Crippen MR) is 95.5 cm³/mol. The van der Waals surface area contributed by atoms with Gasteiger partial charge >= 0.3 is 5.97 Å². The fourth-order valence-electron chi connectivity index (χ4n) is 2.07. The van der Waals surface area contributed by atoms with Gasteiger partial charge in [-0.05, 0) is 12.5 Å².